The number of esters is 1. The largest absolute Gasteiger partial charge is 0.423 e. The lowest BCUT2D eigenvalue weighted by Gasteiger charge is -2.15. The Balaban J connectivity index is 1.79. The number of amides is 1. The molecule has 1 fully saturated rings. The summed E-state index contributed by atoms with van der Waals surface area (Å²) in [5.74, 6) is -0.661. The number of benzene rings is 2. The van der Waals surface area contributed by atoms with Crippen LogP contribution in [-0.4, -0.2) is 37.7 Å². The van der Waals surface area contributed by atoms with Crippen molar-refractivity contribution in [3.8, 4) is 5.75 Å². The molecule has 3 rings (SSSR count). The van der Waals surface area contributed by atoms with Gasteiger partial charge in [-0.3, -0.25) is 4.79 Å². The summed E-state index contributed by atoms with van der Waals surface area (Å²) in [6, 6.07) is 12.2. The molecule has 0 saturated carbocycles. The van der Waals surface area contributed by atoms with Crippen molar-refractivity contribution in [2.24, 2.45) is 0 Å². The van der Waals surface area contributed by atoms with Gasteiger partial charge in [0.1, 0.15) is 5.75 Å². The maximum absolute atomic E-state index is 12.6. The second-order valence-corrected chi connectivity index (χ2v) is 8.18. The van der Waals surface area contributed by atoms with Crippen LogP contribution in [0.3, 0.4) is 0 Å². The van der Waals surface area contributed by atoms with Gasteiger partial charge in [0.2, 0.25) is 15.9 Å². The van der Waals surface area contributed by atoms with Gasteiger partial charge in [-0.05, 0) is 43.2 Å². The normalized spacial score (nSPS) is 14.7. The van der Waals surface area contributed by atoms with Gasteiger partial charge in [-0.1, -0.05) is 12.1 Å². The molecule has 1 amide bonds. The van der Waals surface area contributed by atoms with Gasteiger partial charge in [-0.15, -0.1) is 0 Å². The molecule has 0 atom stereocenters. The summed E-state index contributed by atoms with van der Waals surface area (Å²) in [5.41, 5.74) is 0.637. The van der Waals surface area contributed by atoms with E-state index in [-0.39, 0.29) is 22.1 Å². The van der Waals surface area contributed by atoms with Crippen molar-refractivity contribution < 1.29 is 22.7 Å². The predicted octanol–water partition coefficient (Wildman–Crippen LogP) is 2.65. The zero-order valence-corrected chi connectivity index (χ0v) is 15.7. The Hall–Kier alpha value is -2.71. The van der Waals surface area contributed by atoms with E-state index in [1.165, 1.54) is 41.6 Å². The summed E-state index contributed by atoms with van der Waals surface area (Å²) in [6.07, 6.45) is 1.68. The Labute approximate surface area is 158 Å². The predicted molar refractivity (Wildman–Crippen MR) is 100 cm³/mol. The Morgan fingerprint density at radius 3 is 2.44 bits per heavy atom. The average molecular weight is 388 g/mol. The van der Waals surface area contributed by atoms with Crippen LogP contribution in [0.25, 0.3) is 0 Å². The first-order chi connectivity index (χ1) is 12.9. The van der Waals surface area contributed by atoms with Crippen molar-refractivity contribution in [2.75, 3.05) is 18.4 Å². The standard InChI is InChI=1S/C19H20N2O5S/c1-14(22)20-16-7-5-8-17(13-16)26-19(23)15-6-4-9-18(12-15)27(24,25)21-10-2-3-11-21/h4-9,12-13H,2-3,10-11H2,1H3,(H,20,22). The smallest absolute Gasteiger partial charge is 0.343 e. The van der Waals surface area contributed by atoms with Crippen LogP contribution in [0, 0.1) is 0 Å². The average Bonchev–Trinajstić information content (AvgIpc) is 3.17. The molecule has 0 aromatic heterocycles. The highest BCUT2D eigenvalue weighted by atomic mass is 32.2. The molecule has 2 aromatic carbocycles. The van der Waals surface area contributed by atoms with E-state index < -0.39 is 16.0 Å². The van der Waals surface area contributed by atoms with E-state index in [1.807, 2.05) is 0 Å². The minimum Gasteiger partial charge on any atom is -0.423 e. The summed E-state index contributed by atoms with van der Waals surface area (Å²) in [6.45, 7) is 2.37. The van der Waals surface area contributed by atoms with Crippen molar-refractivity contribution in [1.29, 1.82) is 0 Å². The number of nitrogens with one attached hydrogen (secondary N) is 1. The number of rotatable bonds is 5. The first-order valence-electron chi connectivity index (χ1n) is 8.56. The molecule has 0 spiro atoms. The van der Waals surface area contributed by atoms with Crippen LogP contribution in [-0.2, 0) is 14.8 Å². The summed E-state index contributed by atoms with van der Waals surface area (Å²) < 4.78 is 32.0. The zero-order chi connectivity index (χ0) is 19.4. The minimum absolute atomic E-state index is 0.0749. The van der Waals surface area contributed by atoms with Gasteiger partial charge in [0.05, 0.1) is 10.5 Å². The van der Waals surface area contributed by atoms with Crippen LogP contribution in [0.4, 0.5) is 5.69 Å². The Bertz CT molecular complexity index is 966. The summed E-state index contributed by atoms with van der Waals surface area (Å²) in [4.78, 5) is 23.6. The van der Waals surface area contributed by atoms with Gasteiger partial charge in [-0.2, -0.15) is 4.31 Å². The lowest BCUT2D eigenvalue weighted by Crippen LogP contribution is -2.28. The molecule has 27 heavy (non-hydrogen) atoms. The molecule has 1 aliphatic rings. The molecule has 1 heterocycles. The fourth-order valence-corrected chi connectivity index (χ4v) is 4.43. The Morgan fingerprint density at radius 2 is 1.74 bits per heavy atom. The number of anilines is 1. The van der Waals surface area contributed by atoms with E-state index in [9.17, 15) is 18.0 Å². The van der Waals surface area contributed by atoms with E-state index >= 15 is 0 Å². The fraction of sp³-hybridized carbons (Fsp3) is 0.263. The molecule has 0 unspecified atom stereocenters. The second kappa shape index (κ2) is 7.89. The van der Waals surface area contributed by atoms with Crippen molar-refractivity contribution in [3.05, 3.63) is 54.1 Å². The Kier molecular flexibility index (Phi) is 5.57. The third-order valence-corrected chi connectivity index (χ3v) is 6.03. The van der Waals surface area contributed by atoms with Gasteiger partial charge < -0.3 is 10.1 Å². The molecule has 1 saturated heterocycles. The molecule has 1 N–H and O–H groups in total. The number of ether oxygens (including phenoxy) is 1. The summed E-state index contributed by atoms with van der Waals surface area (Å²) in [5, 5.41) is 2.60. The zero-order valence-electron chi connectivity index (χ0n) is 14.8. The van der Waals surface area contributed by atoms with E-state index in [0.717, 1.165) is 12.8 Å². The number of hydrogen-bond donors (Lipinski definition) is 1. The Morgan fingerprint density at radius 1 is 1.04 bits per heavy atom. The minimum atomic E-state index is -3.61. The number of carbonyl (C=O) groups excluding carboxylic acids is 2. The van der Waals surface area contributed by atoms with Crippen LogP contribution in [0.2, 0.25) is 0 Å². The van der Waals surface area contributed by atoms with Crippen LogP contribution < -0.4 is 10.1 Å². The first-order valence-corrected chi connectivity index (χ1v) is 10.0. The van der Waals surface area contributed by atoms with Crippen molar-refractivity contribution in [2.45, 2.75) is 24.7 Å². The van der Waals surface area contributed by atoms with E-state index in [1.54, 1.807) is 18.2 Å². The summed E-state index contributed by atoms with van der Waals surface area (Å²) >= 11 is 0. The van der Waals surface area contributed by atoms with Crippen molar-refractivity contribution >= 4 is 27.6 Å². The van der Waals surface area contributed by atoms with Crippen molar-refractivity contribution in [1.82, 2.24) is 4.31 Å². The highest BCUT2D eigenvalue weighted by molar-refractivity contribution is 7.89. The lowest BCUT2D eigenvalue weighted by molar-refractivity contribution is -0.114. The van der Waals surface area contributed by atoms with Crippen LogP contribution in [0.15, 0.2) is 53.4 Å². The molecule has 142 valence electrons. The van der Waals surface area contributed by atoms with Gasteiger partial charge in [-0.25, -0.2) is 13.2 Å². The van der Waals surface area contributed by atoms with Gasteiger partial charge in [0.25, 0.3) is 0 Å². The highest BCUT2D eigenvalue weighted by Crippen LogP contribution is 2.23. The molecule has 1 aliphatic heterocycles. The molecule has 0 radical (unpaired) electrons. The fourth-order valence-electron chi connectivity index (χ4n) is 2.87. The lowest BCUT2D eigenvalue weighted by atomic mass is 10.2. The van der Waals surface area contributed by atoms with E-state index in [0.29, 0.717) is 18.8 Å². The number of sulfonamides is 1. The number of carbonyl (C=O) groups is 2. The van der Waals surface area contributed by atoms with E-state index in [2.05, 4.69) is 5.32 Å². The van der Waals surface area contributed by atoms with Crippen LogP contribution in [0.1, 0.15) is 30.1 Å². The molecule has 2 aromatic rings. The van der Waals surface area contributed by atoms with Crippen LogP contribution in [0.5, 0.6) is 5.75 Å². The van der Waals surface area contributed by atoms with Gasteiger partial charge >= 0.3 is 5.97 Å². The molecular weight excluding hydrogens is 368 g/mol. The van der Waals surface area contributed by atoms with Gasteiger partial charge in [0.15, 0.2) is 0 Å². The third kappa shape index (κ3) is 4.53. The maximum Gasteiger partial charge on any atom is 0.343 e. The molecular formula is C19H20N2O5S. The molecule has 7 nitrogen and oxygen atoms in total. The topological polar surface area (TPSA) is 92.8 Å². The second-order valence-electron chi connectivity index (χ2n) is 6.24. The van der Waals surface area contributed by atoms with Gasteiger partial charge in [0, 0.05) is 31.8 Å². The quantitative estimate of drug-likeness (QED) is 0.628. The molecule has 8 heteroatoms. The molecule has 0 bridgehead atoms. The first kappa shape index (κ1) is 19.1. The monoisotopic (exact) mass is 388 g/mol. The maximum atomic E-state index is 12.6. The summed E-state index contributed by atoms with van der Waals surface area (Å²) in [7, 11) is -3.61. The third-order valence-electron chi connectivity index (χ3n) is 4.14. The highest BCUT2D eigenvalue weighted by Gasteiger charge is 2.27. The van der Waals surface area contributed by atoms with Crippen molar-refractivity contribution in [3.63, 3.8) is 0 Å². The number of hydrogen-bond acceptors (Lipinski definition) is 5. The van der Waals surface area contributed by atoms with E-state index in [4.69, 9.17) is 4.74 Å². The van der Waals surface area contributed by atoms with Crippen LogP contribution >= 0.6 is 0 Å². The SMILES string of the molecule is CC(=O)Nc1cccc(OC(=O)c2cccc(S(=O)(=O)N3CCCC3)c2)c1. The molecule has 0 aliphatic carbocycles. The number of nitrogens with zero attached hydrogens (tertiary/aromatic N) is 1.